The molecule has 10 aromatic rings. The summed E-state index contributed by atoms with van der Waals surface area (Å²) in [4.78, 5) is 4.82. The van der Waals surface area contributed by atoms with Gasteiger partial charge in [-0.1, -0.05) is 152 Å². The van der Waals surface area contributed by atoms with E-state index >= 15 is 0 Å². The van der Waals surface area contributed by atoms with E-state index in [9.17, 15) is 0 Å². The maximum absolute atomic E-state index is 6.82. The van der Waals surface area contributed by atoms with E-state index in [0.717, 1.165) is 78.1 Å². The summed E-state index contributed by atoms with van der Waals surface area (Å²) < 4.78 is 6.82. The lowest BCUT2D eigenvalue weighted by Crippen LogP contribution is -2.18. The molecule has 55 heavy (non-hydrogen) atoms. The number of nitrogens with zero attached hydrogens (tertiary/aromatic N) is 2. The first-order valence-corrected chi connectivity index (χ1v) is 18.7. The zero-order chi connectivity index (χ0) is 36.6. The standard InChI is InChI=1S/C52H36N2O/c1-5-18-37(19-6-1)39-24-17-29-44(34-39)53(42-25-9-3-10-26-42)48-32-33-49-51(46-35-40-22-13-14-23-41(40)36-50(46)55-49)52(48)54(43-27-11-4-12-28-43)47-31-16-15-30-45(47)38-20-7-2-8-21-38/h1-36H. The summed E-state index contributed by atoms with van der Waals surface area (Å²) in [5.74, 6) is 0. The molecule has 0 amide bonds. The van der Waals surface area contributed by atoms with Crippen LogP contribution in [-0.4, -0.2) is 0 Å². The van der Waals surface area contributed by atoms with Gasteiger partial charge in [0.2, 0.25) is 0 Å². The Balaban J connectivity index is 1.35. The van der Waals surface area contributed by atoms with Crippen LogP contribution < -0.4 is 9.80 Å². The fourth-order valence-corrected chi connectivity index (χ4v) is 7.89. The molecule has 0 bridgehead atoms. The van der Waals surface area contributed by atoms with E-state index in [-0.39, 0.29) is 0 Å². The average Bonchev–Trinajstić information content (AvgIpc) is 3.62. The molecule has 0 atom stereocenters. The lowest BCUT2D eigenvalue weighted by Gasteiger charge is -2.34. The Bertz CT molecular complexity index is 2920. The molecule has 0 aliphatic rings. The van der Waals surface area contributed by atoms with Gasteiger partial charge in [0.05, 0.1) is 22.4 Å². The molecule has 10 rings (SSSR count). The molecule has 260 valence electrons. The van der Waals surface area contributed by atoms with Crippen LogP contribution in [0.4, 0.5) is 34.1 Å². The van der Waals surface area contributed by atoms with Gasteiger partial charge in [-0.2, -0.15) is 0 Å². The van der Waals surface area contributed by atoms with Crippen LogP contribution >= 0.6 is 0 Å². The van der Waals surface area contributed by atoms with Crippen molar-refractivity contribution in [2.24, 2.45) is 0 Å². The van der Waals surface area contributed by atoms with Crippen LogP contribution in [0.2, 0.25) is 0 Å². The van der Waals surface area contributed by atoms with Crippen LogP contribution in [0.1, 0.15) is 0 Å². The van der Waals surface area contributed by atoms with Crippen molar-refractivity contribution >= 4 is 66.8 Å². The molecule has 0 aliphatic heterocycles. The molecule has 1 aromatic heterocycles. The van der Waals surface area contributed by atoms with E-state index < -0.39 is 0 Å². The molecule has 3 heteroatoms. The highest BCUT2D eigenvalue weighted by atomic mass is 16.3. The second kappa shape index (κ2) is 13.9. The number of para-hydroxylation sites is 3. The maximum Gasteiger partial charge on any atom is 0.137 e. The van der Waals surface area contributed by atoms with Crippen molar-refractivity contribution in [1.82, 2.24) is 0 Å². The van der Waals surface area contributed by atoms with Crippen LogP contribution in [0.25, 0.3) is 55.0 Å². The normalized spacial score (nSPS) is 11.3. The van der Waals surface area contributed by atoms with Crippen molar-refractivity contribution in [2.75, 3.05) is 9.80 Å². The van der Waals surface area contributed by atoms with Gasteiger partial charge < -0.3 is 14.2 Å². The van der Waals surface area contributed by atoms with E-state index in [1.165, 1.54) is 10.9 Å². The minimum atomic E-state index is 0.827. The Kier molecular flexibility index (Phi) is 8.16. The largest absolute Gasteiger partial charge is 0.456 e. The summed E-state index contributed by atoms with van der Waals surface area (Å²) in [6.07, 6.45) is 0. The zero-order valence-corrected chi connectivity index (χ0v) is 30.1. The summed E-state index contributed by atoms with van der Waals surface area (Å²) in [7, 11) is 0. The van der Waals surface area contributed by atoms with Crippen molar-refractivity contribution in [1.29, 1.82) is 0 Å². The molecule has 0 aliphatic carbocycles. The summed E-state index contributed by atoms with van der Waals surface area (Å²) in [6, 6.07) is 77.6. The lowest BCUT2D eigenvalue weighted by molar-refractivity contribution is 0.669. The molecule has 0 spiro atoms. The fourth-order valence-electron chi connectivity index (χ4n) is 7.89. The van der Waals surface area contributed by atoms with Gasteiger partial charge in [0.1, 0.15) is 11.2 Å². The first-order chi connectivity index (χ1) is 27.3. The van der Waals surface area contributed by atoms with Gasteiger partial charge in [0.25, 0.3) is 0 Å². The van der Waals surface area contributed by atoms with Crippen molar-refractivity contribution in [3.63, 3.8) is 0 Å². The number of rotatable bonds is 8. The van der Waals surface area contributed by atoms with E-state index in [2.05, 4.69) is 228 Å². The Hall–Kier alpha value is -7.36. The molecule has 0 N–H and O–H groups in total. The Labute approximate surface area is 320 Å². The lowest BCUT2D eigenvalue weighted by atomic mass is 9.99. The third-order valence-corrected chi connectivity index (χ3v) is 10.4. The fraction of sp³-hybridized carbons (Fsp3) is 0. The molecule has 0 unspecified atom stereocenters. The number of hydrogen-bond donors (Lipinski definition) is 0. The Morgan fingerprint density at radius 2 is 0.873 bits per heavy atom. The van der Waals surface area contributed by atoms with Gasteiger partial charge in [-0.15, -0.1) is 0 Å². The number of fused-ring (bicyclic) bond motifs is 4. The number of anilines is 6. The van der Waals surface area contributed by atoms with Gasteiger partial charge in [0, 0.05) is 28.0 Å². The zero-order valence-electron chi connectivity index (χ0n) is 30.1. The third-order valence-electron chi connectivity index (χ3n) is 10.4. The highest BCUT2D eigenvalue weighted by molar-refractivity contribution is 6.20. The third kappa shape index (κ3) is 5.89. The number of furan rings is 1. The van der Waals surface area contributed by atoms with Crippen molar-refractivity contribution < 1.29 is 4.42 Å². The molecular formula is C52H36N2O. The van der Waals surface area contributed by atoms with Crippen molar-refractivity contribution in [3.8, 4) is 22.3 Å². The van der Waals surface area contributed by atoms with Crippen LogP contribution in [0.3, 0.4) is 0 Å². The Morgan fingerprint density at radius 3 is 1.58 bits per heavy atom. The Morgan fingerprint density at radius 1 is 0.327 bits per heavy atom. The molecule has 0 fully saturated rings. The van der Waals surface area contributed by atoms with E-state index in [0.29, 0.717) is 0 Å². The molecule has 0 radical (unpaired) electrons. The molecule has 3 nitrogen and oxygen atoms in total. The average molecular weight is 705 g/mol. The minimum Gasteiger partial charge on any atom is -0.456 e. The number of benzene rings is 9. The molecular weight excluding hydrogens is 669 g/mol. The summed E-state index contributed by atoms with van der Waals surface area (Å²) >= 11 is 0. The van der Waals surface area contributed by atoms with Gasteiger partial charge in [-0.3, -0.25) is 0 Å². The first-order valence-electron chi connectivity index (χ1n) is 18.7. The maximum atomic E-state index is 6.82. The van der Waals surface area contributed by atoms with Crippen LogP contribution in [0.15, 0.2) is 223 Å². The minimum absolute atomic E-state index is 0.827. The van der Waals surface area contributed by atoms with Gasteiger partial charge in [0.15, 0.2) is 0 Å². The predicted octanol–water partition coefficient (Wildman–Crippen LogP) is 15.0. The van der Waals surface area contributed by atoms with Crippen LogP contribution in [-0.2, 0) is 0 Å². The van der Waals surface area contributed by atoms with Crippen LogP contribution in [0, 0.1) is 0 Å². The van der Waals surface area contributed by atoms with Crippen LogP contribution in [0.5, 0.6) is 0 Å². The molecule has 0 saturated heterocycles. The quantitative estimate of drug-likeness (QED) is 0.157. The highest BCUT2D eigenvalue weighted by Crippen LogP contribution is 2.53. The van der Waals surface area contributed by atoms with Gasteiger partial charge in [-0.25, -0.2) is 0 Å². The summed E-state index contributed by atoms with van der Waals surface area (Å²) in [6.45, 7) is 0. The molecule has 1 heterocycles. The topological polar surface area (TPSA) is 19.6 Å². The second-order valence-corrected chi connectivity index (χ2v) is 13.7. The summed E-state index contributed by atoms with van der Waals surface area (Å²) in [5.41, 5.74) is 12.5. The van der Waals surface area contributed by atoms with Crippen molar-refractivity contribution in [3.05, 3.63) is 218 Å². The first kappa shape index (κ1) is 32.3. The van der Waals surface area contributed by atoms with Gasteiger partial charge >= 0.3 is 0 Å². The molecule has 9 aromatic carbocycles. The smallest absolute Gasteiger partial charge is 0.137 e. The second-order valence-electron chi connectivity index (χ2n) is 13.7. The highest BCUT2D eigenvalue weighted by Gasteiger charge is 2.28. The predicted molar refractivity (Wildman–Crippen MR) is 231 cm³/mol. The van der Waals surface area contributed by atoms with Gasteiger partial charge in [-0.05, 0) is 94.2 Å². The molecule has 0 saturated carbocycles. The number of hydrogen-bond acceptors (Lipinski definition) is 3. The van der Waals surface area contributed by atoms with E-state index in [4.69, 9.17) is 4.42 Å². The van der Waals surface area contributed by atoms with E-state index in [1.54, 1.807) is 0 Å². The SMILES string of the molecule is c1ccc(-c2cccc(N(c3ccccc3)c3ccc4oc5cc6ccccc6cc5c4c3N(c3ccccc3)c3ccccc3-c3ccccc3)c2)cc1. The monoisotopic (exact) mass is 704 g/mol. The van der Waals surface area contributed by atoms with E-state index in [1.807, 2.05) is 0 Å². The summed E-state index contributed by atoms with van der Waals surface area (Å²) in [5, 5.41) is 4.43. The van der Waals surface area contributed by atoms with Crippen molar-refractivity contribution in [2.45, 2.75) is 0 Å².